The maximum atomic E-state index is 10.7. The van der Waals surface area contributed by atoms with Gasteiger partial charge in [0, 0.05) is 0 Å². The molecule has 1 rings (SSSR count). The highest BCUT2D eigenvalue weighted by atomic mass is 16.3. The molecule has 1 aromatic rings. The molecule has 0 heterocycles. The molecule has 0 bridgehead atoms. The molecule has 0 aliphatic rings. The highest BCUT2D eigenvalue weighted by Crippen LogP contribution is 2.24. The van der Waals surface area contributed by atoms with Crippen molar-refractivity contribution in [2.75, 3.05) is 20.6 Å². The van der Waals surface area contributed by atoms with E-state index in [0.29, 0.717) is 0 Å². The van der Waals surface area contributed by atoms with Gasteiger partial charge < -0.3 is 9.59 Å². The zero-order chi connectivity index (χ0) is 21.4. The van der Waals surface area contributed by atoms with E-state index >= 15 is 0 Å². The van der Waals surface area contributed by atoms with E-state index in [2.05, 4.69) is 27.9 Å². The summed E-state index contributed by atoms with van der Waals surface area (Å²) in [7, 11) is 4.53. The van der Waals surface area contributed by atoms with E-state index in [0.717, 1.165) is 16.6 Å². The Kier molecular flexibility index (Phi) is 14.4. The van der Waals surface area contributed by atoms with Crippen LogP contribution in [0.4, 0.5) is 0 Å². The summed E-state index contributed by atoms with van der Waals surface area (Å²) in [5.74, 6) is 0. The summed E-state index contributed by atoms with van der Waals surface area (Å²) in [6.07, 6.45) is 19.2. The van der Waals surface area contributed by atoms with Gasteiger partial charge in [-0.15, -0.1) is 0 Å². The molecule has 2 heteroatoms. The zero-order valence-corrected chi connectivity index (χ0v) is 20.0. The van der Waals surface area contributed by atoms with Crippen LogP contribution in [0.2, 0.25) is 0 Å². The van der Waals surface area contributed by atoms with Gasteiger partial charge in [0.1, 0.15) is 12.1 Å². The second-order valence-corrected chi connectivity index (χ2v) is 9.69. The second-order valence-electron chi connectivity index (χ2n) is 9.69. The first kappa shape index (κ1) is 26.2. The van der Waals surface area contributed by atoms with Crippen LogP contribution in [0.5, 0.6) is 0 Å². The van der Waals surface area contributed by atoms with Crippen LogP contribution in [-0.4, -0.2) is 36.3 Å². The smallest absolute Gasteiger partial charge is 0.130 e. The Bertz CT molecular complexity index is 485. The molecule has 0 aliphatic heterocycles. The lowest BCUT2D eigenvalue weighted by Crippen LogP contribution is -2.50. The predicted octanol–water partition coefficient (Wildman–Crippen LogP) is 7.67. The molecule has 0 amide bonds. The van der Waals surface area contributed by atoms with Gasteiger partial charge in [0.15, 0.2) is 0 Å². The number of nitrogens with zero attached hydrogens (tertiary/aromatic N) is 1. The lowest BCUT2D eigenvalue weighted by molar-refractivity contribution is -0.917. The van der Waals surface area contributed by atoms with E-state index in [1.807, 2.05) is 30.3 Å². The molecule has 0 saturated carbocycles. The van der Waals surface area contributed by atoms with Crippen LogP contribution in [0.15, 0.2) is 30.3 Å². The Morgan fingerprint density at radius 1 is 0.690 bits per heavy atom. The molecule has 0 fully saturated rings. The Morgan fingerprint density at radius 3 is 1.55 bits per heavy atom. The van der Waals surface area contributed by atoms with Crippen LogP contribution >= 0.6 is 0 Å². The van der Waals surface area contributed by atoms with Crippen LogP contribution < -0.4 is 0 Å². The molecule has 0 spiro atoms. The molecule has 0 aromatic heterocycles. The number of hydrogen-bond donors (Lipinski definition) is 1. The largest absolute Gasteiger partial charge is 0.382 e. The van der Waals surface area contributed by atoms with Crippen molar-refractivity contribution in [3.8, 4) is 0 Å². The third-order valence-corrected chi connectivity index (χ3v) is 6.79. The number of benzene rings is 1. The Morgan fingerprint density at radius 2 is 1.10 bits per heavy atom. The lowest BCUT2D eigenvalue weighted by Gasteiger charge is -2.38. The van der Waals surface area contributed by atoms with Crippen molar-refractivity contribution >= 4 is 0 Å². The summed E-state index contributed by atoms with van der Waals surface area (Å²) in [5, 5.41) is 10.7. The summed E-state index contributed by atoms with van der Waals surface area (Å²) in [6, 6.07) is 10.3. The average molecular weight is 405 g/mol. The normalized spacial score (nSPS) is 14.1. The van der Waals surface area contributed by atoms with Crippen LogP contribution in [0.3, 0.4) is 0 Å². The third-order valence-electron chi connectivity index (χ3n) is 6.79. The number of hydrogen-bond acceptors (Lipinski definition) is 1. The van der Waals surface area contributed by atoms with Gasteiger partial charge >= 0.3 is 0 Å². The van der Waals surface area contributed by atoms with E-state index in [4.69, 9.17) is 0 Å². The van der Waals surface area contributed by atoms with Gasteiger partial charge in [-0.3, -0.25) is 0 Å². The van der Waals surface area contributed by atoms with Crippen molar-refractivity contribution < 1.29 is 9.59 Å². The van der Waals surface area contributed by atoms with Crippen molar-refractivity contribution in [2.45, 2.75) is 116 Å². The number of aliphatic hydroxyl groups is 1. The SMILES string of the molecule is CCCCCCCCCCCCCCCC[N+](C)(C)[C@@H](C)[C@@H](O)c1ccccc1. The van der Waals surface area contributed by atoms with Crippen molar-refractivity contribution in [1.82, 2.24) is 0 Å². The maximum Gasteiger partial charge on any atom is 0.130 e. The van der Waals surface area contributed by atoms with Gasteiger partial charge in [-0.1, -0.05) is 114 Å². The van der Waals surface area contributed by atoms with E-state index in [1.54, 1.807) is 0 Å². The molecule has 168 valence electrons. The Balaban J connectivity index is 2.02. The van der Waals surface area contributed by atoms with Gasteiger partial charge in [0.05, 0.1) is 20.6 Å². The van der Waals surface area contributed by atoms with E-state index in [-0.39, 0.29) is 6.04 Å². The first-order valence-corrected chi connectivity index (χ1v) is 12.5. The van der Waals surface area contributed by atoms with Crippen LogP contribution in [0.25, 0.3) is 0 Å². The first-order chi connectivity index (χ1) is 14.0. The molecule has 29 heavy (non-hydrogen) atoms. The molecule has 1 aromatic carbocycles. The fourth-order valence-electron chi connectivity index (χ4n) is 4.23. The van der Waals surface area contributed by atoms with Gasteiger partial charge in [0.2, 0.25) is 0 Å². The van der Waals surface area contributed by atoms with E-state index in [1.165, 1.54) is 89.9 Å². The molecular weight excluding hydrogens is 354 g/mol. The highest BCUT2D eigenvalue weighted by molar-refractivity contribution is 5.18. The quantitative estimate of drug-likeness (QED) is 0.197. The molecule has 0 saturated heterocycles. The summed E-state index contributed by atoms with van der Waals surface area (Å²) in [5.41, 5.74) is 1.03. The molecule has 0 unspecified atom stereocenters. The average Bonchev–Trinajstić information content (AvgIpc) is 2.73. The molecule has 0 aliphatic carbocycles. The summed E-state index contributed by atoms with van der Waals surface area (Å²) < 4.78 is 0.883. The van der Waals surface area contributed by atoms with Crippen LogP contribution in [-0.2, 0) is 0 Å². The lowest BCUT2D eigenvalue weighted by atomic mass is 10.0. The third kappa shape index (κ3) is 11.8. The summed E-state index contributed by atoms with van der Waals surface area (Å²) in [4.78, 5) is 0. The van der Waals surface area contributed by atoms with Crippen LogP contribution in [0.1, 0.15) is 115 Å². The van der Waals surface area contributed by atoms with Crippen molar-refractivity contribution in [3.63, 3.8) is 0 Å². The standard InChI is InChI=1S/C27H50NO/c1-5-6-7-8-9-10-11-12-13-14-15-16-17-21-24-28(3,4)25(2)27(29)26-22-19-18-20-23-26/h18-20,22-23,25,27,29H,5-17,21,24H2,1-4H3/q+1/t25-,27+/m0/s1. The van der Waals surface area contributed by atoms with E-state index in [9.17, 15) is 5.11 Å². The van der Waals surface area contributed by atoms with Crippen LogP contribution in [0, 0.1) is 0 Å². The fourth-order valence-corrected chi connectivity index (χ4v) is 4.23. The van der Waals surface area contributed by atoms with Gasteiger partial charge in [-0.05, 0) is 25.3 Å². The van der Waals surface area contributed by atoms with Gasteiger partial charge in [-0.25, -0.2) is 0 Å². The molecular formula is C27H50NO+. The summed E-state index contributed by atoms with van der Waals surface area (Å²) >= 11 is 0. The zero-order valence-electron chi connectivity index (χ0n) is 20.0. The highest BCUT2D eigenvalue weighted by Gasteiger charge is 2.30. The van der Waals surface area contributed by atoms with Gasteiger partial charge in [-0.2, -0.15) is 0 Å². The molecule has 2 atom stereocenters. The fraction of sp³-hybridized carbons (Fsp3) is 0.778. The molecule has 1 N–H and O–H groups in total. The Labute approximate surface area is 182 Å². The second kappa shape index (κ2) is 15.9. The number of unbranched alkanes of at least 4 members (excludes halogenated alkanes) is 13. The molecule has 2 nitrogen and oxygen atoms in total. The Hall–Kier alpha value is -0.860. The predicted molar refractivity (Wildman–Crippen MR) is 128 cm³/mol. The maximum absolute atomic E-state index is 10.7. The van der Waals surface area contributed by atoms with Gasteiger partial charge in [0.25, 0.3) is 0 Å². The number of quaternary nitrogens is 1. The molecule has 0 radical (unpaired) electrons. The van der Waals surface area contributed by atoms with Crippen molar-refractivity contribution in [1.29, 1.82) is 0 Å². The van der Waals surface area contributed by atoms with Crippen molar-refractivity contribution in [3.05, 3.63) is 35.9 Å². The number of aliphatic hydroxyl groups excluding tert-OH is 1. The minimum Gasteiger partial charge on any atom is -0.382 e. The number of rotatable bonds is 18. The summed E-state index contributed by atoms with van der Waals surface area (Å²) in [6.45, 7) is 5.61. The number of likely N-dealkylation sites (N-methyl/N-ethyl adjacent to an activating group) is 1. The van der Waals surface area contributed by atoms with E-state index < -0.39 is 6.10 Å². The monoisotopic (exact) mass is 404 g/mol. The van der Waals surface area contributed by atoms with Crippen molar-refractivity contribution in [2.24, 2.45) is 0 Å². The first-order valence-electron chi connectivity index (χ1n) is 12.5. The topological polar surface area (TPSA) is 20.2 Å². The minimum atomic E-state index is -0.391. The minimum absolute atomic E-state index is 0.208.